The summed E-state index contributed by atoms with van der Waals surface area (Å²) in [5.74, 6) is 0. The minimum atomic E-state index is -3.59. The molecule has 1 saturated carbocycles. The van der Waals surface area contributed by atoms with Gasteiger partial charge in [0.05, 0.1) is 0 Å². The number of hydrogen-bond donors (Lipinski definition) is 2. The lowest BCUT2D eigenvalue weighted by Gasteiger charge is -2.42. The third kappa shape index (κ3) is 2.42. The topological polar surface area (TPSA) is 72.2 Å². The predicted molar refractivity (Wildman–Crippen MR) is 63.1 cm³/mol. The second kappa shape index (κ2) is 4.16. The van der Waals surface area contributed by atoms with Crippen LogP contribution in [-0.2, 0) is 15.6 Å². The first-order valence-corrected chi connectivity index (χ1v) is 6.89. The molecule has 0 heterocycles. The summed E-state index contributed by atoms with van der Waals surface area (Å²) in [6.07, 6.45) is 3.17. The molecule has 0 aromatic heterocycles. The molecule has 0 unspecified atom stereocenters. The first-order valence-electron chi connectivity index (χ1n) is 5.35. The zero-order valence-electron chi connectivity index (χ0n) is 9.02. The van der Waals surface area contributed by atoms with Gasteiger partial charge in [0.1, 0.15) is 0 Å². The van der Waals surface area contributed by atoms with E-state index in [9.17, 15) is 8.42 Å². The van der Waals surface area contributed by atoms with E-state index in [4.69, 9.17) is 5.14 Å². The number of nitrogens with one attached hydrogen (secondary N) is 1. The molecule has 0 aliphatic heterocycles. The molecule has 0 atom stereocenters. The van der Waals surface area contributed by atoms with Gasteiger partial charge in [-0.3, -0.25) is 0 Å². The average Bonchev–Trinajstić information content (AvgIpc) is 2.16. The fourth-order valence-electron chi connectivity index (χ4n) is 2.20. The molecule has 1 aliphatic carbocycles. The van der Waals surface area contributed by atoms with Crippen LogP contribution in [0, 0.1) is 0 Å². The van der Waals surface area contributed by atoms with Crippen molar-refractivity contribution in [1.29, 1.82) is 0 Å². The molecular weight excluding hydrogens is 224 g/mol. The zero-order valence-corrected chi connectivity index (χ0v) is 9.83. The smallest absolute Gasteiger partial charge is 0.216 e. The first-order chi connectivity index (χ1) is 7.52. The molecule has 0 radical (unpaired) electrons. The summed E-state index contributed by atoms with van der Waals surface area (Å²) in [5.41, 5.74) is 1.14. The van der Waals surface area contributed by atoms with Crippen molar-refractivity contribution in [3.05, 3.63) is 35.9 Å². The van der Waals surface area contributed by atoms with Crippen molar-refractivity contribution in [2.75, 3.05) is 6.54 Å². The molecule has 0 bridgehead atoms. The van der Waals surface area contributed by atoms with Crippen LogP contribution in [0.2, 0.25) is 0 Å². The fourth-order valence-corrected chi connectivity index (χ4v) is 2.68. The van der Waals surface area contributed by atoms with Crippen molar-refractivity contribution >= 4 is 10.2 Å². The molecule has 1 aromatic rings. The summed E-state index contributed by atoms with van der Waals surface area (Å²) in [6.45, 7) is 0.399. The fraction of sp³-hybridized carbons (Fsp3) is 0.455. The quantitative estimate of drug-likeness (QED) is 0.820. The lowest BCUT2D eigenvalue weighted by atomic mass is 9.64. The van der Waals surface area contributed by atoms with E-state index in [0.717, 1.165) is 19.3 Å². The van der Waals surface area contributed by atoms with Gasteiger partial charge in [-0.1, -0.05) is 36.8 Å². The van der Waals surface area contributed by atoms with Gasteiger partial charge in [0, 0.05) is 12.0 Å². The summed E-state index contributed by atoms with van der Waals surface area (Å²) < 4.78 is 24.2. The molecule has 5 heteroatoms. The van der Waals surface area contributed by atoms with Crippen LogP contribution in [0.1, 0.15) is 24.8 Å². The lowest BCUT2D eigenvalue weighted by molar-refractivity contribution is 0.245. The average molecular weight is 240 g/mol. The minimum absolute atomic E-state index is 0.0479. The molecule has 0 saturated heterocycles. The molecule has 4 nitrogen and oxygen atoms in total. The normalized spacial score (nSPS) is 19.1. The molecule has 1 aliphatic rings. The molecule has 0 amide bonds. The van der Waals surface area contributed by atoms with Gasteiger partial charge in [-0.25, -0.2) is 9.86 Å². The van der Waals surface area contributed by atoms with Crippen molar-refractivity contribution < 1.29 is 8.42 Å². The number of hydrogen-bond acceptors (Lipinski definition) is 2. The number of rotatable bonds is 4. The van der Waals surface area contributed by atoms with Crippen LogP contribution >= 0.6 is 0 Å². The van der Waals surface area contributed by atoms with Crippen molar-refractivity contribution in [2.45, 2.75) is 24.7 Å². The van der Waals surface area contributed by atoms with Crippen LogP contribution in [0.25, 0.3) is 0 Å². The van der Waals surface area contributed by atoms with Gasteiger partial charge in [0.25, 0.3) is 10.2 Å². The Kier molecular flexibility index (Phi) is 3.01. The number of benzene rings is 1. The Balaban J connectivity index is 2.15. The molecular formula is C11H16N2O2S. The Morgan fingerprint density at radius 3 is 2.31 bits per heavy atom. The Bertz CT molecular complexity index is 452. The Hall–Kier alpha value is -0.910. The molecule has 88 valence electrons. The Labute approximate surface area is 96.0 Å². The van der Waals surface area contributed by atoms with Gasteiger partial charge in [-0.15, -0.1) is 0 Å². The van der Waals surface area contributed by atoms with E-state index in [-0.39, 0.29) is 5.41 Å². The molecule has 3 N–H and O–H groups in total. The van der Waals surface area contributed by atoms with Crippen molar-refractivity contribution in [3.63, 3.8) is 0 Å². The van der Waals surface area contributed by atoms with Gasteiger partial charge in [-0.2, -0.15) is 8.42 Å². The molecule has 1 fully saturated rings. The first kappa shape index (κ1) is 11.6. The maximum atomic E-state index is 10.9. The highest BCUT2D eigenvalue weighted by molar-refractivity contribution is 7.87. The van der Waals surface area contributed by atoms with Crippen molar-refractivity contribution in [1.82, 2.24) is 4.72 Å². The van der Waals surface area contributed by atoms with E-state index in [1.54, 1.807) is 0 Å². The summed E-state index contributed by atoms with van der Waals surface area (Å²) in [6, 6.07) is 10.0. The molecule has 1 aromatic carbocycles. The van der Waals surface area contributed by atoms with Crippen LogP contribution in [0.5, 0.6) is 0 Å². The summed E-state index contributed by atoms with van der Waals surface area (Å²) in [5, 5.41) is 4.96. The van der Waals surface area contributed by atoms with Gasteiger partial charge in [0.2, 0.25) is 0 Å². The Morgan fingerprint density at radius 1 is 1.25 bits per heavy atom. The summed E-state index contributed by atoms with van der Waals surface area (Å²) in [4.78, 5) is 0. The molecule has 16 heavy (non-hydrogen) atoms. The molecule has 0 spiro atoms. The number of nitrogens with two attached hydrogens (primary N) is 1. The minimum Gasteiger partial charge on any atom is -0.216 e. The SMILES string of the molecule is NS(=O)(=O)NCC1(c2ccccc2)CCC1. The maximum absolute atomic E-state index is 10.9. The highest BCUT2D eigenvalue weighted by Gasteiger charge is 2.38. The van der Waals surface area contributed by atoms with E-state index < -0.39 is 10.2 Å². The highest BCUT2D eigenvalue weighted by atomic mass is 32.2. The van der Waals surface area contributed by atoms with Crippen molar-refractivity contribution in [2.24, 2.45) is 5.14 Å². The van der Waals surface area contributed by atoms with E-state index in [1.807, 2.05) is 30.3 Å². The predicted octanol–water partition coefficient (Wildman–Crippen LogP) is 0.901. The van der Waals surface area contributed by atoms with Crippen LogP contribution in [0.3, 0.4) is 0 Å². The van der Waals surface area contributed by atoms with Gasteiger partial charge in [-0.05, 0) is 18.4 Å². The lowest BCUT2D eigenvalue weighted by Crippen LogP contribution is -2.47. The zero-order chi connectivity index (χ0) is 11.6. The summed E-state index contributed by atoms with van der Waals surface area (Å²) >= 11 is 0. The van der Waals surface area contributed by atoms with Gasteiger partial charge in [0.15, 0.2) is 0 Å². The van der Waals surface area contributed by atoms with E-state index in [2.05, 4.69) is 4.72 Å². The van der Waals surface area contributed by atoms with Gasteiger partial charge >= 0.3 is 0 Å². The van der Waals surface area contributed by atoms with Crippen LogP contribution in [0.4, 0.5) is 0 Å². The van der Waals surface area contributed by atoms with Crippen LogP contribution in [-0.4, -0.2) is 15.0 Å². The third-order valence-electron chi connectivity index (χ3n) is 3.31. The largest absolute Gasteiger partial charge is 0.274 e. The third-order valence-corrected chi connectivity index (χ3v) is 3.86. The van der Waals surface area contributed by atoms with Gasteiger partial charge < -0.3 is 0 Å². The Morgan fingerprint density at radius 2 is 1.88 bits per heavy atom. The summed E-state index contributed by atoms with van der Waals surface area (Å²) in [7, 11) is -3.59. The van der Waals surface area contributed by atoms with E-state index in [0.29, 0.717) is 6.54 Å². The van der Waals surface area contributed by atoms with Crippen LogP contribution in [0.15, 0.2) is 30.3 Å². The molecule has 2 rings (SSSR count). The monoisotopic (exact) mass is 240 g/mol. The van der Waals surface area contributed by atoms with E-state index in [1.165, 1.54) is 5.56 Å². The maximum Gasteiger partial charge on any atom is 0.274 e. The second-order valence-electron chi connectivity index (χ2n) is 4.37. The van der Waals surface area contributed by atoms with Crippen LogP contribution < -0.4 is 9.86 Å². The standard InChI is InChI=1S/C11H16N2O2S/c12-16(14,15)13-9-11(7-4-8-11)10-5-2-1-3-6-10/h1-3,5-6,13H,4,7-9H2,(H2,12,14,15). The van der Waals surface area contributed by atoms with E-state index >= 15 is 0 Å². The van der Waals surface area contributed by atoms with Crippen molar-refractivity contribution in [3.8, 4) is 0 Å². The highest BCUT2D eigenvalue weighted by Crippen LogP contribution is 2.43. The second-order valence-corrected chi connectivity index (χ2v) is 5.74.